The standard InChI is InChI=1S/C15H17NO5/c1-3-4-14(17)21-10(2)15(18)16-11-5-6-12-13(9-11)20-8-7-19-12/h3-6,9-10H,7-8H2,1-2H3,(H,16,18)/b4-3-/t10-/m1/s1. The number of amides is 1. The zero-order chi connectivity index (χ0) is 15.2. The quantitative estimate of drug-likeness (QED) is 0.677. The summed E-state index contributed by atoms with van der Waals surface area (Å²) in [5.74, 6) is 0.260. The predicted octanol–water partition coefficient (Wildman–Crippen LogP) is 1.90. The molecule has 0 saturated carbocycles. The molecule has 1 aliphatic rings. The molecule has 21 heavy (non-hydrogen) atoms. The highest BCUT2D eigenvalue weighted by Gasteiger charge is 2.18. The topological polar surface area (TPSA) is 73.9 Å². The van der Waals surface area contributed by atoms with Crippen LogP contribution in [-0.2, 0) is 14.3 Å². The van der Waals surface area contributed by atoms with Crippen LogP contribution < -0.4 is 14.8 Å². The van der Waals surface area contributed by atoms with Gasteiger partial charge in [0.25, 0.3) is 5.91 Å². The van der Waals surface area contributed by atoms with Crippen molar-refractivity contribution >= 4 is 17.6 Å². The number of esters is 1. The number of nitrogens with one attached hydrogen (secondary N) is 1. The van der Waals surface area contributed by atoms with Crippen LogP contribution in [0.5, 0.6) is 11.5 Å². The summed E-state index contributed by atoms with van der Waals surface area (Å²) in [6.45, 7) is 4.19. The molecule has 0 fully saturated rings. The van der Waals surface area contributed by atoms with Crippen LogP contribution in [0.3, 0.4) is 0 Å². The Labute approximate surface area is 122 Å². The summed E-state index contributed by atoms with van der Waals surface area (Å²) in [5, 5.41) is 2.66. The van der Waals surface area contributed by atoms with Crippen LogP contribution in [0.4, 0.5) is 5.69 Å². The summed E-state index contributed by atoms with van der Waals surface area (Å²) in [6.07, 6.45) is 1.92. The van der Waals surface area contributed by atoms with E-state index in [1.54, 1.807) is 31.2 Å². The van der Waals surface area contributed by atoms with Crippen molar-refractivity contribution in [2.75, 3.05) is 18.5 Å². The highest BCUT2D eigenvalue weighted by molar-refractivity contribution is 5.96. The molecule has 1 aliphatic heterocycles. The van der Waals surface area contributed by atoms with Gasteiger partial charge in [0, 0.05) is 17.8 Å². The number of allylic oxidation sites excluding steroid dienone is 1. The van der Waals surface area contributed by atoms with Gasteiger partial charge in [0.2, 0.25) is 0 Å². The lowest BCUT2D eigenvalue weighted by atomic mass is 10.2. The fourth-order valence-electron chi connectivity index (χ4n) is 1.77. The normalized spacial score (nSPS) is 14.6. The maximum absolute atomic E-state index is 11.9. The number of fused-ring (bicyclic) bond motifs is 1. The number of hydrogen-bond donors (Lipinski definition) is 1. The van der Waals surface area contributed by atoms with E-state index in [1.165, 1.54) is 13.0 Å². The van der Waals surface area contributed by atoms with E-state index in [2.05, 4.69) is 5.32 Å². The highest BCUT2D eigenvalue weighted by Crippen LogP contribution is 2.32. The van der Waals surface area contributed by atoms with Crippen LogP contribution in [0.2, 0.25) is 0 Å². The molecule has 0 radical (unpaired) electrons. The molecular formula is C15H17NO5. The van der Waals surface area contributed by atoms with Crippen LogP contribution in [0.1, 0.15) is 13.8 Å². The lowest BCUT2D eigenvalue weighted by Crippen LogP contribution is -2.29. The minimum Gasteiger partial charge on any atom is -0.486 e. The molecule has 1 heterocycles. The number of ether oxygens (including phenoxy) is 3. The van der Waals surface area contributed by atoms with Crippen LogP contribution in [-0.4, -0.2) is 31.2 Å². The fraction of sp³-hybridized carbons (Fsp3) is 0.333. The number of carbonyl (C=O) groups is 2. The molecule has 0 unspecified atom stereocenters. The smallest absolute Gasteiger partial charge is 0.331 e. The zero-order valence-electron chi connectivity index (χ0n) is 11.9. The number of hydrogen-bond acceptors (Lipinski definition) is 5. The molecule has 1 N–H and O–H groups in total. The summed E-state index contributed by atoms with van der Waals surface area (Å²) >= 11 is 0. The molecule has 0 saturated heterocycles. The minimum atomic E-state index is -0.887. The number of benzene rings is 1. The Hall–Kier alpha value is -2.50. The summed E-state index contributed by atoms with van der Waals surface area (Å²) in [5.41, 5.74) is 0.554. The molecule has 1 atom stereocenters. The lowest BCUT2D eigenvalue weighted by Gasteiger charge is -2.19. The van der Waals surface area contributed by atoms with Crippen molar-refractivity contribution in [3.63, 3.8) is 0 Å². The minimum absolute atomic E-state index is 0.412. The van der Waals surface area contributed by atoms with Gasteiger partial charge in [-0.2, -0.15) is 0 Å². The van der Waals surface area contributed by atoms with Crippen molar-refractivity contribution in [2.45, 2.75) is 20.0 Å². The van der Waals surface area contributed by atoms with Crippen LogP contribution >= 0.6 is 0 Å². The summed E-state index contributed by atoms with van der Waals surface area (Å²) in [6, 6.07) is 5.10. The van der Waals surface area contributed by atoms with E-state index >= 15 is 0 Å². The average Bonchev–Trinajstić information content (AvgIpc) is 2.47. The van der Waals surface area contributed by atoms with Crippen LogP contribution in [0.15, 0.2) is 30.4 Å². The Balaban J connectivity index is 1.97. The third-order valence-corrected chi connectivity index (χ3v) is 2.77. The van der Waals surface area contributed by atoms with Gasteiger partial charge in [-0.05, 0) is 26.0 Å². The van der Waals surface area contributed by atoms with Gasteiger partial charge in [-0.1, -0.05) is 6.08 Å². The first-order chi connectivity index (χ1) is 10.1. The molecule has 6 heteroatoms. The average molecular weight is 291 g/mol. The van der Waals surface area contributed by atoms with Gasteiger partial charge in [-0.15, -0.1) is 0 Å². The van der Waals surface area contributed by atoms with E-state index < -0.39 is 18.0 Å². The van der Waals surface area contributed by atoms with Crippen LogP contribution in [0.25, 0.3) is 0 Å². The van der Waals surface area contributed by atoms with E-state index in [-0.39, 0.29) is 0 Å². The molecular weight excluding hydrogens is 274 g/mol. The largest absolute Gasteiger partial charge is 0.486 e. The molecule has 112 valence electrons. The summed E-state index contributed by atoms with van der Waals surface area (Å²) in [7, 11) is 0. The molecule has 0 spiro atoms. The van der Waals surface area contributed by atoms with E-state index in [0.29, 0.717) is 30.4 Å². The first-order valence-electron chi connectivity index (χ1n) is 6.64. The zero-order valence-corrected chi connectivity index (χ0v) is 11.9. The second kappa shape index (κ2) is 6.78. The third kappa shape index (κ3) is 3.98. The molecule has 2 rings (SSSR count). The van der Waals surface area contributed by atoms with E-state index in [0.717, 1.165) is 0 Å². The second-order valence-corrected chi connectivity index (χ2v) is 4.43. The third-order valence-electron chi connectivity index (χ3n) is 2.77. The lowest BCUT2D eigenvalue weighted by molar-refractivity contribution is -0.148. The van der Waals surface area contributed by atoms with Gasteiger partial charge in [0.15, 0.2) is 17.6 Å². The number of carbonyl (C=O) groups excluding carboxylic acids is 2. The summed E-state index contributed by atoms with van der Waals surface area (Å²) in [4.78, 5) is 23.2. The van der Waals surface area contributed by atoms with Crippen molar-refractivity contribution in [3.8, 4) is 11.5 Å². The van der Waals surface area contributed by atoms with Crippen LogP contribution in [0, 0.1) is 0 Å². The van der Waals surface area contributed by atoms with Crippen molar-refractivity contribution in [2.24, 2.45) is 0 Å². The first kappa shape index (κ1) is 14.9. The van der Waals surface area contributed by atoms with Gasteiger partial charge in [0.05, 0.1) is 0 Å². The molecule has 0 aliphatic carbocycles. The van der Waals surface area contributed by atoms with E-state index in [4.69, 9.17) is 14.2 Å². The maximum Gasteiger partial charge on any atom is 0.331 e. The molecule has 1 aromatic carbocycles. The highest BCUT2D eigenvalue weighted by atomic mass is 16.6. The number of rotatable bonds is 4. The first-order valence-corrected chi connectivity index (χ1v) is 6.64. The van der Waals surface area contributed by atoms with Gasteiger partial charge in [-0.3, -0.25) is 4.79 Å². The SMILES string of the molecule is C/C=C\C(=O)O[C@H](C)C(=O)Nc1ccc2c(c1)OCCO2. The second-order valence-electron chi connectivity index (χ2n) is 4.43. The fourth-order valence-corrected chi connectivity index (χ4v) is 1.77. The Morgan fingerprint density at radius 3 is 2.71 bits per heavy atom. The van der Waals surface area contributed by atoms with Crippen molar-refractivity contribution in [1.29, 1.82) is 0 Å². The molecule has 0 bridgehead atoms. The van der Waals surface area contributed by atoms with Gasteiger partial charge in [0.1, 0.15) is 13.2 Å². The molecule has 0 aromatic heterocycles. The molecule has 1 amide bonds. The molecule has 1 aromatic rings. The van der Waals surface area contributed by atoms with Gasteiger partial charge in [-0.25, -0.2) is 4.79 Å². The Morgan fingerprint density at radius 1 is 1.29 bits per heavy atom. The Kier molecular flexibility index (Phi) is 4.81. The summed E-state index contributed by atoms with van der Waals surface area (Å²) < 4.78 is 15.8. The van der Waals surface area contributed by atoms with E-state index in [1.807, 2.05) is 0 Å². The number of anilines is 1. The van der Waals surface area contributed by atoms with E-state index in [9.17, 15) is 9.59 Å². The maximum atomic E-state index is 11.9. The monoisotopic (exact) mass is 291 g/mol. The Bertz CT molecular complexity index is 567. The van der Waals surface area contributed by atoms with Gasteiger partial charge >= 0.3 is 5.97 Å². The molecule has 6 nitrogen and oxygen atoms in total. The predicted molar refractivity (Wildman–Crippen MR) is 76.4 cm³/mol. The Morgan fingerprint density at radius 2 is 2.00 bits per heavy atom. The van der Waals surface area contributed by atoms with Crippen molar-refractivity contribution in [3.05, 3.63) is 30.4 Å². The van der Waals surface area contributed by atoms with Crippen molar-refractivity contribution < 1.29 is 23.8 Å². The van der Waals surface area contributed by atoms with Gasteiger partial charge < -0.3 is 19.5 Å². The van der Waals surface area contributed by atoms with Crippen molar-refractivity contribution in [1.82, 2.24) is 0 Å².